The summed E-state index contributed by atoms with van der Waals surface area (Å²) in [7, 11) is 2.43. The van der Waals surface area contributed by atoms with E-state index in [1.807, 2.05) is 0 Å². The van der Waals surface area contributed by atoms with E-state index in [1.165, 1.54) is 32.4 Å². The molecule has 0 saturated carbocycles. The number of nitro groups is 1. The molecule has 12 nitrogen and oxygen atoms in total. The third-order valence-electron chi connectivity index (χ3n) is 6.74. The molecule has 0 spiro atoms. The Morgan fingerprint density at radius 1 is 1.02 bits per heavy atom. The number of nitrogens with one attached hydrogen (secondary N) is 2. The molecular weight excluding hydrogens is 582 g/mol. The number of methoxy groups -OCH3 is 2. The number of aliphatic hydroxyl groups is 1. The SMILES string of the molecule is COC(=O)C1=C(C)NC(C)=C(C(=O)OC)C1c1cc([N+](=O)[O-])ccc1OCCCCNCC(O)COc1ccccc1Cl. The molecule has 0 bridgehead atoms. The number of rotatable bonds is 15. The number of benzene rings is 2. The van der Waals surface area contributed by atoms with Gasteiger partial charge in [0.15, 0.2) is 0 Å². The van der Waals surface area contributed by atoms with Gasteiger partial charge < -0.3 is 34.7 Å². The van der Waals surface area contributed by atoms with Gasteiger partial charge in [-0.2, -0.15) is 0 Å². The lowest BCUT2D eigenvalue weighted by molar-refractivity contribution is -0.384. The number of carbonyl (C=O) groups is 2. The van der Waals surface area contributed by atoms with Crippen molar-refractivity contribution in [3.63, 3.8) is 0 Å². The van der Waals surface area contributed by atoms with Gasteiger partial charge in [0.25, 0.3) is 5.69 Å². The second kappa shape index (κ2) is 15.9. The molecule has 0 saturated heterocycles. The molecule has 3 N–H and O–H groups in total. The van der Waals surface area contributed by atoms with Crippen LogP contribution in [0.2, 0.25) is 5.02 Å². The van der Waals surface area contributed by atoms with Crippen LogP contribution in [0.5, 0.6) is 11.5 Å². The summed E-state index contributed by atoms with van der Waals surface area (Å²) in [4.78, 5) is 36.9. The Morgan fingerprint density at radius 3 is 2.28 bits per heavy atom. The number of ether oxygens (including phenoxy) is 4. The number of non-ortho nitro benzene ring substituents is 1. The normalized spacial score (nSPS) is 14.2. The summed E-state index contributed by atoms with van der Waals surface area (Å²) in [5, 5.41) is 28.5. The van der Waals surface area contributed by atoms with Crippen LogP contribution in [-0.2, 0) is 19.1 Å². The standard InChI is InChI=1S/C30H36ClN3O9/c1-18-26(29(36)40-3)28(27(19(2)33-18)30(37)41-4)22-15-20(34(38)39)11-12-24(22)42-14-8-7-13-32-16-21(35)17-43-25-10-6-5-9-23(25)31/h5-6,9-12,15,21,28,32-33,35H,7-8,13-14,16-17H2,1-4H3. The van der Waals surface area contributed by atoms with Crippen molar-refractivity contribution in [2.24, 2.45) is 0 Å². The van der Waals surface area contributed by atoms with Gasteiger partial charge in [-0.25, -0.2) is 9.59 Å². The number of unbranched alkanes of at least 4 members (excludes halogenated alkanes) is 1. The van der Waals surface area contributed by atoms with Crippen molar-refractivity contribution < 1.29 is 38.6 Å². The van der Waals surface area contributed by atoms with Gasteiger partial charge in [0, 0.05) is 35.6 Å². The molecule has 1 heterocycles. The van der Waals surface area contributed by atoms with Gasteiger partial charge in [-0.1, -0.05) is 23.7 Å². The van der Waals surface area contributed by atoms with Crippen molar-refractivity contribution in [3.05, 3.63) is 85.7 Å². The van der Waals surface area contributed by atoms with Crippen molar-refractivity contribution in [1.82, 2.24) is 10.6 Å². The molecule has 0 aliphatic carbocycles. The Labute approximate surface area is 254 Å². The maximum absolute atomic E-state index is 12.9. The van der Waals surface area contributed by atoms with E-state index in [0.717, 1.165) is 0 Å². The summed E-state index contributed by atoms with van der Waals surface area (Å²) in [6.07, 6.45) is 0.576. The van der Waals surface area contributed by atoms with Gasteiger partial charge in [0.05, 0.1) is 47.8 Å². The van der Waals surface area contributed by atoms with Crippen LogP contribution in [-0.4, -0.2) is 68.6 Å². The fraction of sp³-hybridized carbons (Fsp3) is 0.400. The van der Waals surface area contributed by atoms with Crippen LogP contribution in [0.4, 0.5) is 5.69 Å². The van der Waals surface area contributed by atoms with Crippen LogP contribution < -0.4 is 20.1 Å². The molecule has 43 heavy (non-hydrogen) atoms. The van der Waals surface area contributed by atoms with Crippen molar-refractivity contribution >= 4 is 29.2 Å². The Kier molecular flexibility index (Phi) is 12.4. The van der Waals surface area contributed by atoms with Crippen LogP contribution in [0.15, 0.2) is 65.0 Å². The number of para-hydroxylation sites is 1. The number of dihydropyridines is 1. The van der Waals surface area contributed by atoms with Gasteiger partial charge in [0.2, 0.25) is 0 Å². The molecule has 13 heteroatoms. The molecule has 1 aliphatic rings. The first-order chi connectivity index (χ1) is 20.6. The first-order valence-electron chi connectivity index (χ1n) is 13.6. The number of nitro benzene ring substituents is 1. The van der Waals surface area contributed by atoms with E-state index >= 15 is 0 Å². The zero-order valence-electron chi connectivity index (χ0n) is 24.5. The largest absolute Gasteiger partial charge is 0.493 e. The molecule has 1 atom stereocenters. The van der Waals surface area contributed by atoms with E-state index in [9.17, 15) is 24.8 Å². The molecule has 2 aromatic rings. The summed E-state index contributed by atoms with van der Waals surface area (Å²) in [6, 6.07) is 11.1. The Hall–Kier alpha value is -4.13. The van der Waals surface area contributed by atoms with Gasteiger partial charge in [-0.15, -0.1) is 0 Å². The maximum atomic E-state index is 12.9. The van der Waals surface area contributed by atoms with Gasteiger partial charge in [-0.05, 0) is 51.4 Å². The number of allylic oxidation sites excluding steroid dienone is 2. The monoisotopic (exact) mass is 617 g/mol. The third kappa shape index (κ3) is 8.69. The molecular formula is C30H36ClN3O9. The minimum atomic E-state index is -1.04. The van der Waals surface area contributed by atoms with E-state index in [1.54, 1.807) is 38.1 Å². The average Bonchev–Trinajstić information content (AvgIpc) is 2.99. The fourth-order valence-corrected chi connectivity index (χ4v) is 4.87. The van der Waals surface area contributed by atoms with E-state index in [4.69, 9.17) is 30.5 Å². The molecule has 1 unspecified atom stereocenters. The smallest absolute Gasteiger partial charge is 0.336 e. The molecule has 232 valence electrons. The summed E-state index contributed by atoms with van der Waals surface area (Å²) in [5.74, 6) is -1.66. The minimum absolute atomic E-state index is 0.0857. The number of halogens is 1. The molecule has 1 aliphatic heterocycles. The van der Waals surface area contributed by atoms with Crippen molar-refractivity contribution in [3.8, 4) is 11.5 Å². The quantitative estimate of drug-likeness (QED) is 0.115. The Balaban J connectivity index is 1.67. The van der Waals surface area contributed by atoms with Crippen molar-refractivity contribution in [2.45, 2.75) is 38.7 Å². The Morgan fingerprint density at radius 2 is 1.67 bits per heavy atom. The number of hydrogen-bond donors (Lipinski definition) is 3. The average molecular weight is 618 g/mol. The minimum Gasteiger partial charge on any atom is -0.493 e. The number of esters is 2. The molecule has 3 rings (SSSR count). The lowest BCUT2D eigenvalue weighted by Gasteiger charge is -2.30. The third-order valence-corrected chi connectivity index (χ3v) is 7.05. The predicted octanol–water partition coefficient (Wildman–Crippen LogP) is 4.02. The zero-order chi connectivity index (χ0) is 31.5. The second-order valence-corrected chi connectivity index (χ2v) is 10.2. The Bertz CT molecular complexity index is 1350. The van der Waals surface area contributed by atoms with Crippen LogP contribution in [0.25, 0.3) is 0 Å². The summed E-state index contributed by atoms with van der Waals surface area (Å²) >= 11 is 6.06. The van der Waals surface area contributed by atoms with Gasteiger partial charge in [-0.3, -0.25) is 10.1 Å². The zero-order valence-corrected chi connectivity index (χ0v) is 25.2. The molecule has 0 fully saturated rings. The summed E-state index contributed by atoms with van der Waals surface area (Å²) in [5.41, 5.74) is 1.12. The van der Waals surface area contributed by atoms with E-state index in [-0.39, 0.29) is 41.4 Å². The molecule has 0 radical (unpaired) electrons. The number of hydrogen-bond acceptors (Lipinski definition) is 11. The highest BCUT2D eigenvalue weighted by molar-refractivity contribution is 6.32. The summed E-state index contributed by atoms with van der Waals surface area (Å²) in [6.45, 7) is 4.56. The number of nitrogens with zero attached hydrogens (tertiary/aromatic N) is 1. The van der Waals surface area contributed by atoms with Crippen molar-refractivity contribution in [2.75, 3.05) is 40.5 Å². The first-order valence-corrected chi connectivity index (χ1v) is 14.0. The highest BCUT2D eigenvalue weighted by Gasteiger charge is 2.39. The lowest BCUT2D eigenvalue weighted by Crippen LogP contribution is -2.32. The first kappa shape index (κ1) is 33.4. The fourth-order valence-electron chi connectivity index (χ4n) is 4.68. The van der Waals surface area contributed by atoms with E-state index in [2.05, 4.69) is 10.6 Å². The highest BCUT2D eigenvalue weighted by atomic mass is 35.5. The van der Waals surface area contributed by atoms with Gasteiger partial charge in [0.1, 0.15) is 24.2 Å². The number of carbonyl (C=O) groups excluding carboxylic acids is 2. The second-order valence-electron chi connectivity index (χ2n) is 9.75. The molecule has 0 amide bonds. The van der Waals surface area contributed by atoms with Crippen LogP contribution >= 0.6 is 11.6 Å². The highest BCUT2D eigenvalue weighted by Crippen LogP contribution is 2.44. The number of aliphatic hydroxyl groups excluding tert-OH is 1. The molecule has 0 aromatic heterocycles. The van der Waals surface area contributed by atoms with Crippen molar-refractivity contribution in [1.29, 1.82) is 0 Å². The predicted molar refractivity (Wildman–Crippen MR) is 159 cm³/mol. The van der Waals surface area contributed by atoms with E-state index in [0.29, 0.717) is 48.1 Å². The van der Waals surface area contributed by atoms with Crippen LogP contribution in [0.1, 0.15) is 38.2 Å². The lowest BCUT2D eigenvalue weighted by atomic mass is 9.80. The molecule has 2 aromatic carbocycles. The van der Waals surface area contributed by atoms with Gasteiger partial charge >= 0.3 is 11.9 Å². The maximum Gasteiger partial charge on any atom is 0.336 e. The summed E-state index contributed by atoms with van der Waals surface area (Å²) < 4.78 is 21.6. The van der Waals surface area contributed by atoms with Crippen LogP contribution in [0.3, 0.4) is 0 Å². The van der Waals surface area contributed by atoms with Crippen LogP contribution in [0, 0.1) is 10.1 Å². The van der Waals surface area contributed by atoms with E-state index < -0.39 is 28.9 Å². The topological polar surface area (TPSA) is 158 Å².